The van der Waals surface area contributed by atoms with E-state index in [0.717, 1.165) is 6.16 Å². The fourth-order valence-corrected chi connectivity index (χ4v) is 1.05. The molecule has 0 spiro atoms. The summed E-state index contributed by atoms with van der Waals surface area (Å²) < 4.78 is 0. The standard InChI is InChI=1S/C10H19P/c1-3-10(2)8-6-4-5-7-9-11/h3,5,7H,4,6,8-9,11H2,1-2H3. The van der Waals surface area contributed by atoms with Crippen molar-refractivity contribution >= 4 is 9.24 Å². The van der Waals surface area contributed by atoms with Crippen molar-refractivity contribution in [3.63, 3.8) is 0 Å². The van der Waals surface area contributed by atoms with E-state index < -0.39 is 0 Å². The maximum absolute atomic E-state index is 2.70. The van der Waals surface area contributed by atoms with Crippen LogP contribution in [0.1, 0.15) is 33.1 Å². The van der Waals surface area contributed by atoms with E-state index >= 15 is 0 Å². The van der Waals surface area contributed by atoms with Crippen molar-refractivity contribution in [2.75, 3.05) is 6.16 Å². The molecule has 64 valence electrons. The van der Waals surface area contributed by atoms with E-state index in [-0.39, 0.29) is 0 Å². The second-order valence-electron chi connectivity index (χ2n) is 2.73. The summed E-state index contributed by atoms with van der Waals surface area (Å²) in [4.78, 5) is 0. The van der Waals surface area contributed by atoms with E-state index in [2.05, 4.69) is 41.3 Å². The average Bonchev–Trinajstić information content (AvgIpc) is 2.04. The van der Waals surface area contributed by atoms with Gasteiger partial charge in [0.2, 0.25) is 0 Å². The first-order valence-electron chi connectivity index (χ1n) is 4.28. The Labute approximate surface area is 73.0 Å². The van der Waals surface area contributed by atoms with Crippen LogP contribution >= 0.6 is 9.24 Å². The summed E-state index contributed by atoms with van der Waals surface area (Å²) in [6, 6.07) is 0. The molecule has 0 amide bonds. The highest BCUT2D eigenvalue weighted by atomic mass is 31.0. The van der Waals surface area contributed by atoms with Gasteiger partial charge >= 0.3 is 0 Å². The van der Waals surface area contributed by atoms with Crippen molar-refractivity contribution in [2.45, 2.75) is 33.1 Å². The van der Waals surface area contributed by atoms with Crippen LogP contribution < -0.4 is 0 Å². The Balaban J connectivity index is 3.21. The zero-order valence-corrected chi connectivity index (χ0v) is 8.79. The summed E-state index contributed by atoms with van der Waals surface area (Å²) in [5.41, 5.74) is 1.50. The summed E-state index contributed by atoms with van der Waals surface area (Å²) >= 11 is 0. The van der Waals surface area contributed by atoms with Gasteiger partial charge in [0, 0.05) is 0 Å². The van der Waals surface area contributed by atoms with Gasteiger partial charge in [-0.05, 0) is 39.3 Å². The number of allylic oxidation sites excluding steroid dienone is 4. The van der Waals surface area contributed by atoms with Gasteiger partial charge in [-0.3, -0.25) is 0 Å². The first kappa shape index (κ1) is 10.9. The van der Waals surface area contributed by atoms with Crippen molar-refractivity contribution in [1.29, 1.82) is 0 Å². The Bertz CT molecular complexity index is 134. The van der Waals surface area contributed by atoms with Gasteiger partial charge in [-0.1, -0.05) is 23.8 Å². The molecule has 0 aliphatic carbocycles. The van der Waals surface area contributed by atoms with Crippen LogP contribution in [0.2, 0.25) is 0 Å². The molecule has 0 aromatic carbocycles. The van der Waals surface area contributed by atoms with Gasteiger partial charge in [-0.25, -0.2) is 0 Å². The Morgan fingerprint density at radius 2 is 2.09 bits per heavy atom. The Kier molecular flexibility index (Phi) is 7.95. The predicted octanol–water partition coefficient (Wildman–Crippen LogP) is 3.55. The minimum atomic E-state index is 1.09. The lowest BCUT2D eigenvalue weighted by atomic mass is 10.1. The number of rotatable bonds is 5. The van der Waals surface area contributed by atoms with Crippen molar-refractivity contribution in [3.05, 3.63) is 23.8 Å². The highest BCUT2D eigenvalue weighted by molar-refractivity contribution is 7.16. The van der Waals surface area contributed by atoms with Gasteiger partial charge in [-0.15, -0.1) is 9.24 Å². The smallest absolute Gasteiger partial charge is 0.0200 e. The molecule has 0 aromatic rings. The lowest BCUT2D eigenvalue weighted by molar-refractivity contribution is 0.830. The minimum Gasteiger partial charge on any atom is -0.134 e. The molecular weight excluding hydrogens is 151 g/mol. The zero-order chi connectivity index (χ0) is 8.53. The van der Waals surface area contributed by atoms with Crippen LogP contribution in [0.5, 0.6) is 0 Å². The van der Waals surface area contributed by atoms with Crippen molar-refractivity contribution in [1.82, 2.24) is 0 Å². The summed E-state index contributed by atoms with van der Waals surface area (Å²) in [7, 11) is 2.70. The lowest BCUT2D eigenvalue weighted by Gasteiger charge is -1.96. The molecule has 0 aliphatic heterocycles. The third kappa shape index (κ3) is 7.81. The summed E-state index contributed by atoms with van der Waals surface area (Å²) in [5, 5.41) is 0. The molecule has 0 rings (SSSR count). The molecule has 0 saturated carbocycles. The van der Waals surface area contributed by atoms with Gasteiger partial charge in [0.1, 0.15) is 0 Å². The molecule has 1 atom stereocenters. The van der Waals surface area contributed by atoms with Crippen molar-refractivity contribution in [2.24, 2.45) is 0 Å². The maximum Gasteiger partial charge on any atom is -0.0200 e. The summed E-state index contributed by atoms with van der Waals surface area (Å²) in [6.45, 7) is 4.30. The van der Waals surface area contributed by atoms with Crippen LogP contribution in [0.4, 0.5) is 0 Å². The molecule has 0 heterocycles. The quantitative estimate of drug-likeness (QED) is 0.336. The van der Waals surface area contributed by atoms with E-state index in [9.17, 15) is 0 Å². The highest BCUT2D eigenvalue weighted by Crippen LogP contribution is 2.06. The third-order valence-corrected chi connectivity index (χ3v) is 2.01. The molecule has 0 radical (unpaired) electrons. The first-order chi connectivity index (χ1) is 5.31. The third-order valence-electron chi connectivity index (χ3n) is 1.74. The van der Waals surface area contributed by atoms with Gasteiger partial charge in [0.05, 0.1) is 0 Å². The van der Waals surface area contributed by atoms with Crippen LogP contribution in [0, 0.1) is 0 Å². The Hall–Kier alpha value is -0.0900. The number of hydrogen-bond donors (Lipinski definition) is 0. The van der Waals surface area contributed by atoms with E-state index in [1.807, 2.05) is 0 Å². The maximum atomic E-state index is 2.70. The molecule has 0 aromatic heterocycles. The highest BCUT2D eigenvalue weighted by Gasteiger charge is 1.86. The topological polar surface area (TPSA) is 0 Å². The predicted molar refractivity (Wildman–Crippen MR) is 57.0 cm³/mol. The van der Waals surface area contributed by atoms with Crippen LogP contribution in [-0.4, -0.2) is 6.16 Å². The normalized spacial score (nSPS) is 12.8. The SMILES string of the molecule is CC=C(C)CCCC=CCP. The van der Waals surface area contributed by atoms with Gasteiger partial charge in [0.25, 0.3) is 0 Å². The van der Waals surface area contributed by atoms with Gasteiger partial charge in [0.15, 0.2) is 0 Å². The number of unbranched alkanes of at least 4 members (excludes halogenated alkanes) is 1. The van der Waals surface area contributed by atoms with Crippen LogP contribution in [0.25, 0.3) is 0 Å². The van der Waals surface area contributed by atoms with Crippen molar-refractivity contribution in [3.8, 4) is 0 Å². The largest absolute Gasteiger partial charge is 0.134 e. The average molecular weight is 170 g/mol. The van der Waals surface area contributed by atoms with Gasteiger partial charge < -0.3 is 0 Å². The fraction of sp³-hybridized carbons (Fsp3) is 0.600. The van der Waals surface area contributed by atoms with Crippen LogP contribution in [0.15, 0.2) is 23.8 Å². The summed E-state index contributed by atoms with van der Waals surface area (Å²) in [6.07, 6.45) is 11.5. The second kappa shape index (κ2) is 8.01. The molecule has 0 N–H and O–H groups in total. The molecule has 0 aliphatic rings. The molecule has 0 saturated heterocycles. The monoisotopic (exact) mass is 170 g/mol. The van der Waals surface area contributed by atoms with E-state index in [4.69, 9.17) is 0 Å². The zero-order valence-electron chi connectivity index (χ0n) is 7.64. The van der Waals surface area contributed by atoms with Crippen LogP contribution in [-0.2, 0) is 0 Å². The van der Waals surface area contributed by atoms with Gasteiger partial charge in [-0.2, -0.15) is 0 Å². The first-order valence-corrected chi connectivity index (χ1v) is 5.09. The van der Waals surface area contributed by atoms with E-state index in [0.29, 0.717) is 0 Å². The molecular formula is C10H19P. The second-order valence-corrected chi connectivity index (χ2v) is 3.21. The molecule has 1 heteroatoms. The van der Waals surface area contributed by atoms with Crippen LogP contribution in [0.3, 0.4) is 0 Å². The molecule has 0 bridgehead atoms. The Morgan fingerprint density at radius 3 is 2.64 bits per heavy atom. The van der Waals surface area contributed by atoms with Crippen molar-refractivity contribution < 1.29 is 0 Å². The summed E-state index contributed by atoms with van der Waals surface area (Å²) in [5.74, 6) is 0. The van der Waals surface area contributed by atoms with E-state index in [1.54, 1.807) is 0 Å². The minimum absolute atomic E-state index is 1.09. The number of hydrogen-bond acceptors (Lipinski definition) is 0. The molecule has 0 fully saturated rings. The molecule has 1 unspecified atom stereocenters. The van der Waals surface area contributed by atoms with E-state index in [1.165, 1.54) is 24.8 Å². The Morgan fingerprint density at radius 1 is 1.36 bits per heavy atom. The lowest BCUT2D eigenvalue weighted by Crippen LogP contribution is -1.76. The fourth-order valence-electron chi connectivity index (χ4n) is 0.857. The molecule has 11 heavy (non-hydrogen) atoms. The molecule has 0 nitrogen and oxygen atoms in total.